The van der Waals surface area contributed by atoms with Gasteiger partial charge in [0.1, 0.15) is 0 Å². The van der Waals surface area contributed by atoms with E-state index in [1.807, 2.05) is 4.90 Å². The Morgan fingerprint density at radius 3 is 2.42 bits per heavy atom. The summed E-state index contributed by atoms with van der Waals surface area (Å²) < 4.78 is 10.2. The minimum Gasteiger partial charge on any atom is -0.469 e. The molecule has 2 aliphatic rings. The van der Waals surface area contributed by atoms with E-state index >= 15 is 0 Å². The highest BCUT2D eigenvalue weighted by Crippen LogP contribution is 2.60. The molecular weight excluding hydrogens is 306 g/mol. The predicted molar refractivity (Wildman–Crippen MR) is 92.4 cm³/mol. The summed E-state index contributed by atoms with van der Waals surface area (Å²) in [7, 11) is 1.39. The summed E-state index contributed by atoms with van der Waals surface area (Å²) in [4.78, 5) is 26.7. The first kappa shape index (κ1) is 19.0. The van der Waals surface area contributed by atoms with E-state index in [4.69, 9.17) is 9.47 Å². The summed E-state index contributed by atoms with van der Waals surface area (Å²) in [5.74, 6) is 0.206. The predicted octanol–water partition coefficient (Wildman–Crippen LogP) is 2.80. The van der Waals surface area contributed by atoms with E-state index in [9.17, 15) is 9.59 Å². The highest BCUT2D eigenvalue weighted by Gasteiger charge is 2.61. The van der Waals surface area contributed by atoms with Crippen LogP contribution in [0.2, 0.25) is 0 Å². The summed E-state index contributed by atoms with van der Waals surface area (Å²) in [6.07, 6.45) is 4.14. The molecule has 1 aliphatic carbocycles. The van der Waals surface area contributed by atoms with E-state index < -0.39 is 0 Å². The quantitative estimate of drug-likeness (QED) is 0.552. The first-order chi connectivity index (χ1) is 11.3. The Morgan fingerprint density at radius 2 is 1.88 bits per heavy atom. The normalized spacial score (nSPS) is 25.7. The maximum Gasteiger partial charge on any atom is 0.307 e. The maximum absolute atomic E-state index is 13.2. The van der Waals surface area contributed by atoms with E-state index in [1.165, 1.54) is 12.7 Å². The zero-order valence-electron chi connectivity index (χ0n) is 15.6. The van der Waals surface area contributed by atoms with Gasteiger partial charge in [0, 0.05) is 25.8 Å². The van der Waals surface area contributed by atoms with Crippen LogP contribution in [0.5, 0.6) is 0 Å². The first-order valence-corrected chi connectivity index (χ1v) is 8.89. The summed E-state index contributed by atoms with van der Waals surface area (Å²) in [6.45, 7) is 10.2. The standard InChI is InChI=1S/C19H31NO4/c1-13(2)12-15-17(19(15,3)4)18(22)20(9-6-16(21)23-5)14-7-10-24-11-8-14/h12,14-15,17H,6-11H2,1-5H3/t15-,17-/m1/s1. The number of ether oxygens (including phenoxy) is 2. The summed E-state index contributed by atoms with van der Waals surface area (Å²) >= 11 is 0. The Hall–Kier alpha value is -1.36. The van der Waals surface area contributed by atoms with Gasteiger partial charge in [-0.3, -0.25) is 9.59 Å². The molecule has 136 valence electrons. The van der Waals surface area contributed by atoms with Crippen LogP contribution in [0.15, 0.2) is 11.6 Å². The topological polar surface area (TPSA) is 55.8 Å². The van der Waals surface area contributed by atoms with Crippen LogP contribution in [0.25, 0.3) is 0 Å². The number of hydrogen-bond donors (Lipinski definition) is 0. The molecule has 2 rings (SSSR count). The third-order valence-electron chi connectivity index (χ3n) is 5.39. The number of carbonyl (C=O) groups excluding carboxylic acids is 2. The lowest BCUT2D eigenvalue weighted by Gasteiger charge is -2.34. The van der Waals surface area contributed by atoms with E-state index in [2.05, 4.69) is 33.8 Å². The maximum atomic E-state index is 13.2. The van der Waals surface area contributed by atoms with Crippen molar-refractivity contribution in [3.05, 3.63) is 11.6 Å². The fourth-order valence-corrected chi connectivity index (χ4v) is 3.78. The fraction of sp³-hybridized carbons (Fsp3) is 0.789. The Bertz CT molecular complexity index is 501. The van der Waals surface area contributed by atoms with Crippen molar-refractivity contribution in [3.63, 3.8) is 0 Å². The Balaban J connectivity index is 2.12. The van der Waals surface area contributed by atoms with Crippen molar-refractivity contribution in [3.8, 4) is 0 Å². The van der Waals surface area contributed by atoms with E-state index in [0.29, 0.717) is 19.8 Å². The van der Waals surface area contributed by atoms with E-state index in [1.54, 1.807) is 0 Å². The van der Waals surface area contributed by atoms with Crippen LogP contribution in [-0.4, -0.2) is 49.7 Å². The molecule has 24 heavy (non-hydrogen) atoms. The van der Waals surface area contributed by atoms with Crippen LogP contribution in [0.3, 0.4) is 0 Å². The van der Waals surface area contributed by atoms with Gasteiger partial charge in [0.25, 0.3) is 0 Å². The molecule has 5 nitrogen and oxygen atoms in total. The average Bonchev–Trinajstić information content (AvgIpc) is 3.07. The fourth-order valence-electron chi connectivity index (χ4n) is 3.78. The molecule has 2 atom stereocenters. The highest BCUT2D eigenvalue weighted by molar-refractivity contribution is 5.84. The number of allylic oxidation sites excluding steroid dienone is 2. The smallest absolute Gasteiger partial charge is 0.307 e. The van der Waals surface area contributed by atoms with Gasteiger partial charge < -0.3 is 14.4 Å². The van der Waals surface area contributed by atoms with Crippen LogP contribution in [0.1, 0.15) is 47.0 Å². The first-order valence-electron chi connectivity index (χ1n) is 8.89. The molecule has 0 bridgehead atoms. The second-order valence-corrected chi connectivity index (χ2v) is 7.77. The lowest BCUT2D eigenvalue weighted by Crippen LogP contribution is -2.45. The average molecular weight is 337 g/mol. The second-order valence-electron chi connectivity index (χ2n) is 7.77. The molecule has 0 aromatic carbocycles. The van der Waals surface area contributed by atoms with Gasteiger partial charge in [0.05, 0.1) is 19.4 Å². The molecule has 2 fully saturated rings. The van der Waals surface area contributed by atoms with Crippen molar-refractivity contribution in [1.29, 1.82) is 0 Å². The Labute approximate surface area is 145 Å². The van der Waals surface area contributed by atoms with Gasteiger partial charge in [-0.15, -0.1) is 0 Å². The van der Waals surface area contributed by atoms with Crippen LogP contribution < -0.4 is 0 Å². The third kappa shape index (κ3) is 4.18. The number of carbonyl (C=O) groups is 2. The monoisotopic (exact) mass is 337 g/mol. The van der Waals surface area contributed by atoms with Gasteiger partial charge in [-0.2, -0.15) is 0 Å². The van der Waals surface area contributed by atoms with Gasteiger partial charge >= 0.3 is 5.97 Å². The summed E-state index contributed by atoms with van der Waals surface area (Å²) in [5, 5.41) is 0. The lowest BCUT2D eigenvalue weighted by molar-refractivity contribution is -0.143. The highest BCUT2D eigenvalue weighted by atomic mass is 16.5. The van der Waals surface area contributed by atoms with E-state index in [-0.39, 0.29) is 41.6 Å². The molecule has 0 radical (unpaired) electrons. The van der Waals surface area contributed by atoms with Crippen molar-refractivity contribution < 1.29 is 19.1 Å². The molecule has 5 heteroatoms. The van der Waals surface area contributed by atoms with Crippen LogP contribution in [0.4, 0.5) is 0 Å². The second kappa shape index (κ2) is 7.68. The zero-order valence-corrected chi connectivity index (χ0v) is 15.6. The van der Waals surface area contributed by atoms with Crippen LogP contribution in [-0.2, 0) is 19.1 Å². The minimum atomic E-state index is -0.268. The van der Waals surface area contributed by atoms with E-state index in [0.717, 1.165) is 12.8 Å². The molecule has 1 saturated heterocycles. The van der Waals surface area contributed by atoms with Crippen molar-refractivity contribution in [2.45, 2.75) is 53.0 Å². The van der Waals surface area contributed by atoms with Gasteiger partial charge in [-0.1, -0.05) is 25.5 Å². The van der Waals surface area contributed by atoms with Crippen LogP contribution >= 0.6 is 0 Å². The molecule has 0 spiro atoms. The van der Waals surface area contributed by atoms with Gasteiger partial charge in [0.15, 0.2) is 0 Å². The largest absolute Gasteiger partial charge is 0.469 e. The SMILES string of the molecule is COC(=O)CCN(C(=O)[C@H]1[C@@H](C=C(C)C)C1(C)C)C1CCOCC1. The Kier molecular flexibility index (Phi) is 6.07. The van der Waals surface area contributed by atoms with Gasteiger partial charge in [-0.05, 0) is 38.0 Å². The molecule has 1 amide bonds. The summed E-state index contributed by atoms with van der Waals surface area (Å²) in [5.41, 5.74) is 1.24. The molecule has 1 saturated carbocycles. The Morgan fingerprint density at radius 1 is 1.25 bits per heavy atom. The molecule has 0 unspecified atom stereocenters. The number of hydrogen-bond acceptors (Lipinski definition) is 4. The van der Waals surface area contributed by atoms with Crippen molar-refractivity contribution >= 4 is 11.9 Å². The summed E-state index contributed by atoms with van der Waals surface area (Å²) in [6, 6.07) is 0.166. The molecule has 0 aromatic heterocycles. The van der Waals surface area contributed by atoms with Crippen LogP contribution in [0, 0.1) is 17.3 Å². The molecule has 0 N–H and O–H groups in total. The molecule has 1 aliphatic heterocycles. The number of methoxy groups -OCH3 is 1. The number of amides is 1. The molecule has 0 aromatic rings. The van der Waals surface area contributed by atoms with Crippen molar-refractivity contribution in [2.24, 2.45) is 17.3 Å². The number of esters is 1. The molecule has 1 heterocycles. The van der Waals surface area contributed by atoms with Crippen molar-refractivity contribution in [1.82, 2.24) is 4.90 Å². The van der Waals surface area contributed by atoms with Gasteiger partial charge in [0.2, 0.25) is 5.91 Å². The molecular formula is C19H31NO4. The van der Waals surface area contributed by atoms with Gasteiger partial charge in [-0.25, -0.2) is 0 Å². The van der Waals surface area contributed by atoms with Crippen molar-refractivity contribution in [2.75, 3.05) is 26.9 Å². The third-order valence-corrected chi connectivity index (χ3v) is 5.39. The minimum absolute atomic E-state index is 0.00731. The lowest BCUT2D eigenvalue weighted by atomic mass is 10.0. The number of nitrogens with zero attached hydrogens (tertiary/aromatic N) is 1. The zero-order chi connectivity index (χ0) is 17.9. The number of rotatable bonds is 6.